The van der Waals surface area contributed by atoms with Gasteiger partial charge in [-0.1, -0.05) is 30.3 Å². The molecule has 33 heavy (non-hydrogen) atoms. The van der Waals surface area contributed by atoms with Gasteiger partial charge in [0.25, 0.3) is 0 Å². The molecule has 2 aromatic carbocycles. The fraction of sp³-hybridized carbons (Fsp3) is 0.375. The van der Waals surface area contributed by atoms with Gasteiger partial charge in [0.1, 0.15) is 12.4 Å². The number of ether oxygens (including phenoxy) is 2. The molecule has 3 heterocycles. The van der Waals surface area contributed by atoms with Gasteiger partial charge in [-0.05, 0) is 23.8 Å². The van der Waals surface area contributed by atoms with Gasteiger partial charge in [-0.25, -0.2) is 12.8 Å². The molecular formula is C24H25FN2O5S. The Kier molecular flexibility index (Phi) is 5.72. The Morgan fingerprint density at radius 1 is 1.03 bits per heavy atom. The molecule has 1 spiro atoms. The van der Waals surface area contributed by atoms with Crippen molar-refractivity contribution in [1.29, 1.82) is 0 Å². The summed E-state index contributed by atoms with van der Waals surface area (Å²) in [6, 6.07) is 12.7. The molecule has 2 fully saturated rings. The van der Waals surface area contributed by atoms with E-state index in [1.54, 1.807) is 33.7 Å². The molecule has 3 aromatic rings. The van der Waals surface area contributed by atoms with Crippen molar-refractivity contribution in [3.05, 3.63) is 66.1 Å². The topological polar surface area (TPSA) is 77.8 Å². The maximum atomic E-state index is 13.6. The van der Waals surface area contributed by atoms with Crippen molar-refractivity contribution in [1.82, 2.24) is 9.47 Å². The van der Waals surface area contributed by atoms with Gasteiger partial charge in [-0.3, -0.25) is 4.79 Å². The molecule has 0 N–H and O–H groups in total. The third kappa shape index (κ3) is 4.40. The van der Waals surface area contributed by atoms with Crippen molar-refractivity contribution in [2.24, 2.45) is 0 Å². The molecule has 0 unspecified atom stereocenters. The number of likely N-dealkylation sites (tertiary alicyclic amines) is 1. The fourth-order valence-corrected chi connectivity index (χ4v) is 6.21. The van der Waals surface area contributed by atoms with E-state index in [1.165, 1.54) is 24.4 Å². The lowest BCUT2D eigenvalue weighted by Gasteiger charge is -2.37. The Balaban J connectivity index is 1.38. The Morgan fingerprint density at radius 2 is 1.76 bits per heavy atom. The van der Waals surface area contributed by atoms with E-state index in [2.05, 4.69) is 0 Å². The second-order valence-corrected chi connectivity index (χ2v) is 10.5. The number of aromatic nitrogens is 1. The second-order valence-electron chi connectivity index (χ2n) is 8.52. The van der Waals surface area contributed by atoms with Crippen LogP contribution < -0.4 is 0 Å². The predicted octanol–water partition coefficient (Wildman–Crippen LogP) is 3.12. The summed E-state index contributed by atoms with van der Waals surface area (Å²) in [6.45, 7) is 2.25. The highest BCUT2D eigenvalue weighted by atomic mass is 32.2. The number of amides is 1. The standard InChI is InChI=1S/C24H25FN2O5S/c25-19-5-3-4-18(14-19)17-33(29,30)22-15-27(21-7-2-1-6-20(21)22)16-23(28)26-10-8-24(9-11-26)31-12-13-32-24/h1-7,14-15H,8-13,16-17H2. The van der Waals surface area contributed by atoms with E-state index >= 15 is 0 Å². The Morgan fingerprint density at radius 3 is 2.48 bits per heavy atom. The summed E-state index contributed by atoms with van der Waals surface area (Å²) in [7, 11) is -3.76. The highest BCUT2D eigenvalue weighted by molar-refractivity contribution is 7.90. The number of hydrogen-bond donors (Lipinski definition) is 0. The van der Waals surface area contributed by atoms with E-state index in [-0.39, 0.29) is 23.1 Å². The molecule has 1 aromatic heterocycles. The molecule has 0 saturated carbocycles. The van der Waals surface area contributed by atoms with Gasteiger partial charge in [-0.15, -0.1) is 0 Å². The number of carbonyl (C=O) groups is 1. The highest BCUT2D eigenvalue weighted by Gasteiger charge is 2.40. The zero-order valence-corrected chi connectivity index (χ0v) is 18.9. The maximum absolute atomic E-state index is 13.6. The molecule has 0 radical (unpaired) electrons. The summed E-state index contributed by atoms with van der Waals surface area (Å²) in [5, 5.41) is 0.548. The van der Waals surface area contributed by atoms with Crippen molar-refractivity contribution in [2.45, 2.75) is 35.8 Å². The van der Waals surface area contributed by atoms with Crippen molar-refractivity contribution in [3.8, 4) is 0 Å². The quantitative estimate of drug-likeness (QED) is 0.570. The SMILES string of the molecule is O=C(Cn1cc(S(=O)(=O)Cc2cccc(F)c2)c2ccccc21)N1CCC2(CC1)OCCO2. The van der Waals surface area contributed by atoms with Crippen LogP contribution in [0.3, 0.4) is 0 Å². The van der Waals surface area contributed by atoms with Gasteiger partial charge < -0.3 is 18.9 Å². The lowest BCUT2D eigenvalue weighted by Crippen LogP contribution is -2.48. The van der Waals surface area contributed by atoms with Gasteiger partial charge in [0, 0.05) is 43.0 Å². The van der Waals surface area contributed by atoms with Crippen LogP contribution in [0.5, 0.6) is 0 Å². The molecule has 9 heteroatoms. The van der Waals surface area contributed by atoms with E-state index in [4.69, 9.17) is 9.47 Å². The summed E-state index contributed by atoms with van der Waals surface area (Å²) in [5.74, 6) is -1.44. The number of benzene rings is 2. The van der Waals surface area contributed by atoms with Crippen molar-refractivity contribution in [3.63, 3.8) is 0 Å². The van der Waals surface area contributed by atoms with Crippen LogP contribution >= 0.6 is 0 Å². The Bertz CT molecular complexity index is 1290. The van der Waals surface area contributed by atoms with E-state index < -0.39 is 21.4 Å². The number of hydrogen-bond acceptors (Lipinski definition) is 5. The Labute approximate surface area is 191 Å². The molecule has 174 valence electrons. The summed E-state index contributed by atoms with van der Waals surface area (Å²) in [5.41, 5.74) is 1.04. The van der Waals surface area contributed by atoms with Crippen LogP contribution in [-0.2, 0) is 36.4 Å². The lowest BCUT2D eigenvalue weighted by molar-refractivity contribution is -0.187. The first-order valence-electron chi connectivity index (χ1n) is 11.0. The zero-order chi connectivity index (χ0) is 23.1. The average Bonchev–Trinajstić information content (AvgIpc) is 3.39. The molecule has 0 aliphatic carbocycles. The monoisotopic (exact) mass is 472 g/mol. The molecule has 0 bridgehead atoms. The summed E-state index contributed by atoms with van der Waals surface area (Å²) in [4.78, 5) is 14.9. The van der Waals surface area contributed by atoms with Crippen molar-refractivity contribution in [2.75, 3.05) is 26.3 Å². The minimum atomic E-state index is -3.76. The van der Waals surface area contributed by atoms with Gasteiger partial charge >= 0.3 is 0 Å². The number of piperidine rings is 1. The minimum Gasteiger partial charge on any atom is -0.347 e. The number of halogens is 1. The first-order chi connectivity index (χ1) is 15.9. The van der Waals surface area contributed by atoms with Gasteiger partial charge in [0.15, 0.2) is 15.6 Å². The van der Waals surface area contributed by atoms with Crippen LogP contribution in [0, 0.1) is 5.82 Å². The summed E-state index contributed by atoms with van der Waals surface area (Å²) in [6.07, 6.45) is 2.77. The molecule has 2 aliphatic rings. The smallest absolute Gasteiger partial charge is 0.242 e. The van der Waals surface area contributed by atoms with E-state index in [9.17, 15) is 17.6 Å². The van der Waals surface area contributed by atoms with Gasteiger partial charge in [0.2, 0.25) is 5.91 Å². The van der Waals surface area contributed by atoms with E-state index in [0.717, 1.165) is 0 Å². The largest absolute Gasteiger partial charge is 0.347 e. The second kappa shape index (κ2) is 8.55. The predicted molar refractivity (Wildman–Crippen MR) is 120 cm³/mol. The maximum Gasteiger partial charge on any atom is 0.242 e. The number of fused-ring (bicyclic) bond motifs is 1. The Hall–Kier alpha value is -2.75. The van der Waals surface area contributed by atoms with Crippen LogP contribution in [0.15, 0.2) is 59.6 Å². The molecule has 2 saturated heterocycles. The minimum absolute atomic E-state index is 0.0325. The summed E-state index contributed by atoms with van der Waals surface area (Å²) < 4.78 is 53.1. The lowest BCUT2D eigenvalue weighted by atomic mass is 10.0. The van der Waals surface area contributed by atoms with Crippen LogP contribution in [-0.4, -0.2) is 55.9 Å². The first kappa shape index (κ1) is 22.1. The normalized spacial score (nSPS) is 18.3. The average molecular weight is 473 g/mol. The third-order valence-corrected chi connectivity index (χ3v) is 8.04. The molecule has 5 rings (SSSR count). The van der Waals surface area contributed by atoms with Crippen molar-refractivity contribution < 1.29 is 27.1 Å². The molecule has 0 atom stereocenters. The molecule has 2 aliphatic heterocycles. The van der Waals surface area contributed by atoms with Crippen molar-refractivity contribution >= 4 is 26.6 Å². The summed E-state index contributed by atoms with van der Waals surface area (Å²) >= 11 is 0. The van der Waals surface area contributed by atoms with Crippen LogP contribution in [0.4, 0.5) is 4.39 Å². The fourth-order valence-electron chi connectivity index (χ4n) is 4.64. The number of nitrogens with zero attached hydrogens (tertiary/aromatic N) is 2. The number of para-hydroxylation sites is 1. The molecular weight excluding hydrogens is 447 g/mol. The number of sulfone groups is 1. The third-order valence-electron chi connectivity index (χ3n) is 6.33. The first-order valence-corrected chi connectivity index (χ1v) is 12.6. The molecule has 1 amide bonds. The highest BCUT2D eigenvalue weighted by Crippen LogP contribution is 2.32. The molecule has 7 nitrogen and oxygen atoms in total. The number of carbonyl (C=O) groups excluding carboxylic acids is 1. The van der Waals surface area contributed by atoms with Gasteiger partial charge in [0.05, 0.1) is 23.9 Å². The van der Waals surface area contributed by atoms with Crippen LogP contribution in [0.2, 0.25) is 0 Å². The van der Waals surface area contributed by atoms with E-state index in [0.29, 0.717) is 55.6 Å². The number of rotatable bonds is 5. The van der Waals surface area contributed by atoms with Gasteiger partial charge in [-0.2, -0.15) is 0 Å². The van der Waals surface area contributed by atoms with Crippen LogP contribution in [0.25, 0.3) is 10.9 Å². The zero-order valence-electron chi connectivity index (χ0n) is 18.1. The van der Waals surface area contributed by atoms with E-state index in [1.807, 2.05) is 6.07 Å². The van der Waals surface area contributed by atoms with Crippen LogP contribution in [0.1, 0.15) is 18.4 Å².